The fourth-order valence-corrected chi connectivity index (χ4v) is 1.41. The zero-order valence-corrected chi connectivity index (χ0v) is 7.13. The Labute approximate surface area is 71.4 Å². The number of amides is 1. The molecule has 1 heterocycles. The van der Waals surface area contributed by atoms with Crippen molar-refractivity contribution < 1.29 is 4.79 Å². The minimum absolute atomic E-state index is 0.0169. The van der Waals surface area contributed by atoms with Gasteiger partial charge in [-0.05, 0) is 6.42 Å². The zero-order chi connectivity index (χ0) is 9.14. The molecule has 5 nitrogen and oxygen atoms in total. The molecule has 1 rings (SSSR count). The highest BCUT2D eigenvalue weighted by Gasteiger charge is 2.28. The second-order valence-electron chi connectivity index (χ2n) is 2.79. The predicted octanol–water partition coefficient (Wildman–Crippen LogP) is -0.910. The third-order valence-corrected chi connectivity index (χ3v) is 2.03. The molecule has 0 spiro atoms. The minimum Gasteiger partial charge on any atom is -0.370 e. The SMILES string of the molecule is CCC1C(=O)NCCN1C(=N)N. The second kappa shape index (κ2) is 3.42. The van der Waals surface area contributed by atoms with Crippen molar-refractivity contribution in [1.29, 1.82) is 5.41 Å². The normalized spacial score (nSPS) is 23.6. The number of piperazine rings is 1. The summed E-state index contributed by atoms with van der Waals surface area (Å²) in [5, 5.41) is 9.97. The van der Waals surface area contributed by atoms with Crippen LogP contribution in [-0.2, 0) is 4.79 Å². The summed E-state index contributed by atoms with van der Waals surface area (Å²) in [6.07, 6.45) is 0.686. The lowest BCUT2D eigenvalue weighted by Crippen LogP contribution is -2.58. The largest absolute Gasteiger partial charge is 0.370 e. The summed E-state index contributed by atoms with van der Waals surface area (Å²) < 4.78 is 0. The lowest BCUT2D eigenvalue weighted by molar-refractivity contribution is -0.127. The average molecular weight is 170 g/mol. The minimum atomic E-state index is -0.253. The summed E-state index contributed by atoms with van der Waals surface area (Å²) in [6.45, 7) is 3.12. The van der Waals surface area contributed by atoms with Crippen LogP contribution in [0.1, 0.15) is 13.3 Å². The monoisotopic (exact) mass is 170 g/mol. The number of guanidine groups is 1. The third kappa shape index (κ3) is 1.49. The smallest absolute Gasteiger partial charge is 0.242 e. The number of nitrogens with two attached hydrogens (primary N) is 1. The van der Waals surface area contributed by atoms with Gasteiger partial charge in [0.05, 0.1) is 0 Å². The van der Waals surface area contributed by atoms with E-state index in [2.05, 4.69) is 5.32 Å². The van der Waals surface area contributed by atoms with Gasteiger partial charge in [-0.3, -0.25) is 10.2 Å². The molecule has 0 bridgehead atoms. The summed E-state index contributed by atoms with van der Waals surface area (Å²) >= 11 is 0. The molecule has 1 fully saturated rings. The fourth-order valence-electron chi connectivity index (χ4n) is 1.41. The molecule has 12 heavy (non-hydrogen) atoms. The zero-order valence-electron chi connectivity index (χ0n) is 7.13. The standard InChI is InChI=1S/C7H14N4O/c1-2-5-6(12)10-3-4-11(5)7(8)9/h5H,2-4H2,1H3,(H3,8,9)(H,10,12). The molecular weight excluding hydrogens is 156 g/mol. The van der Waals surface area contributed by atoms with Crippen LogP contribution in [0.5, 0.6) is 0 Å². The molecule has 1 atom stereocenters. The molecule has 4 N–H and O–H groups in total. The van der Waals surface area contributed by atoms with E-state index in [4.69, 9.17) is 11.1 Å². The Kier molecular flexibility index (Phi) is 2.52. The van der Waals surface area contributed by atoms with Crippen LogP contribution in [0.25, 0.3) is 0 Å². The van der Waals surface area contributed by atoms with Crippen LogP contribution in [0.4, 0.5) is 0 Å². The molecule has 1 saturated heterocycles. The Hall–Kier alpha value is -1.26. The number of nitrogens with one attached hydrogen (secondary N) is 2. The molecule has 1 aliphatic heterocycles. The van der Waals surface area contributed by atoms with E-state index in [1.165, 1.54) is 0 Å². The number of carbonyl (C=O) groups excluding carboxylic acids is 1. The highest BCUT2D eigenvalue weighted by atomic mass is 16.2. The molecule has 1 unspecified atom stereocenters. The van der Waals surface area contributed by atoms with E-state index in [1.54, 1.807) is 4.90 Å². The maximum Gasteiger partial charge on any atom is 0.242 e. The molecular formula is C7H14N4O. The van der Waals surface area contributed by atoms with Gasteiger partial charge in [-0.25, -0.2) is 0 Å². The molecule has 0 aromatic carbocycles. The molecule has 0 radical (unpaired) electrons. The van der Waals surface area contributed by atoms with E-state index < -0.39 is 0 Å². The van der Waals surface area contributed by atoms with Crippen molar-refractivity contribution in [2.75, 3.05) is 13.1 Å². The summed E-state index contributed by atoms with van der Waals surface area (Å²) in [7, 11) is 0. The van der Waals surface area contributed by atoms with Gasteiger partial charge in [0.25, 0.3) is 0 Å². The van der Waals surface area contributed by atoms with Gasteiger partial charge in [0, 0.05) is 13.1 Å². The number of hydrogen-bond acceptors (Lipinski definition) is 2. The first-order valence-corrected chi connectivity index (χ1v) is 4.05. The molecule has 1 aliphatic rings. The number of carbonyl (C=O) groups is 1. The van der Waals surface area contributed by atoms with Crippen LogP contribution < -0.4 is 11.1 Å². The lowest BCUT2D eigenvalue weighted by Gasteiger charge is -2.34. The molecule has 5 heteroatoms. The Morgan fingerprint density at radius 1 is 1.92 bits per heavy atom. The fraction of sp³-hybridized carbons (Fsp3) is 0.714. The number of hydrogen-bond donors (Lipinski definition) is 3. The highest BCUT2D eigenvalue weighted by Crippen LogP contribution is 2.06. The average Bonchev–Trinajstić information content (AvgIpc) is 2.03. The maximum absolute atomic E-state index is 11.2. The highest BCUT2D eigenvalue weighted by molar-refractivity contribution is 5.88. The quantitative estimate of drug-likeness (QED) is 0.352. The van der Waals surface area contributed by atoms with Crippen molar-refractivity contribution >= 4 is 11.9 Å². The van der Waals surface area contributed by atoms with Crippen molar-refractivity contribution in [1.82, 2.24) is 10.2 Å². The van der Waals surface area contributed by atoms with Gasteiger partial charge in [0.15, 0.2) is 5.96 Å². The Bertz CT molecular complexity index is 204. The van der Waals surface area contributed by atoms with Gasteiger partial charge in [-0.15, -0.1) is 0 Å². The summed E-state index contributed by atoms with van der Waals surface area (Å²) in [5.41, 5.74) is 5.32. The van der Waals surface area contributed by atoms with Crippen molar-refractivity contribution in [3.8, 4) is 0 Å². The van der Waals surface area contributed by atoms with Crippen molar-refractivity contribution in [3.63, 3.8) is 0 Å². The van der Waals surface area contributed by atoms with Gasteiger partial charge < -0.3 is 16.0 Å². The van der Waals surface area contributed by atoms with Crippen LogP contribution in [0.15, 0.2) is 0 Å². The first-order chi connectivity index (χ1) is 5.66. The van der Waals surface area contributed by atoms with E-state index in [0.29, 0.717) is 19.5 Å². The molecule has 1 amide bonds. The second-order valence-corrected chi connectivity index (χ2v) is 2.79. The van der Waals surface area contributed by atoms with Crippen molar-refractivity contribution in [2.24, 2.45) is 5.73 Å². The van der Waals surface area contributed by atoms with E-state index in [-0.39, 0.29) is 17.9 Å². The van der Waals surface area contributed by atoms with Gasteiger partial charge in [-0.1, -0.05) is 6.92 Å². The third-order valence-electron chi connectivity index (χ3n) is 2.03. The molecule has 0 aromatic rings. The molecule has 0 saturated carbocycles. The van der Waals surface area contributed by atoms with E-state index >= 15 is 0 Å². The Morgan fingerprint density at radius 3 is 3.00 bits per heavy atom. The summed E-state index contributed by atoms with van der Waals surface area (Å²) in [6, 6.07) is -0.253. The molecule has 68 valence electrons. The van der Waals surface area contributed by atoms with E-state index in [9.17, 15) is 4.79 Å². The van der Waals surface area contributed by atoms with Crippen LogP contribution in [0, 0.1) is 5.41 Å². The molecule has 0 aromatic heterocycles. The first-order valence-electron chi connectivity index (χ1n) is 4.05. The van der Waals surface area contributed by atoms with Crippen molar-refractivity contribution in [3.05, 3.63) is 0 Å². The summed E-state index contributed by atoms with van der Waals surface area (Å²) in [5.74, 6) is -0.0457. The predicted molar refractivity (Wildman–Crippen MR) is 45.7 cm³/mol. The topological polar surface area (TPSA) is 82.2 Å². The van der Waals surface area contributed by atoms with Crippen LogP contribution in [0.2, 0.25) is 0 Å². The molecule has 0 aliphatic carbocycles. The summed E-state index contributed by atoms with van der Waals surface area (Å²) in [4.78, 5) is 12.9. The van der Waals surface area contributed by atoms with Gasteiger partial charge in [0.2, 0.25) is 5.91 Å². The van der Waals surface area contributed by atoms with E-state index in [0.717, 1.165) is 0 Å². The van der Waals surface area contributed by atoms with Gasteiger partial charge >= 0.3 is 0 Å². The number of nitrogens with zero attached hydrogens (tertiary/aromatic N) is 1. The van der Waals surface area contributed by atoms with Gasteiger partial charge in [0.1, 0.15) is 6.04 Å². The Morgan fingerprint density at radius 2 is 2.58 bits per heavy atom. The van der Waals surface area contributed by atoms with Crippen molar-refractivity contribution in [2.45, 2.75) is 19.4 Å². The van der Waals surface area contributed by atoms with Crippen LogP contribution in [0.3, 0.4) is 0 Å². The number of rotatable bonds is 1. The lowest BCUT2D eigenvalue weighted by atomic mass is 10.1. The Balaban J connectivity index is 2.70. The van der Waals surface area contributed by atoms with Gasteiger partial charge in [-0.2, -0.15) is 0 Å². The van der Waals surface area contributed by atoms with Crippen LogP contribution >= 0.6 is 0 Å². The maximum atomic E-state index is 11.2. The first kappa shape index (κ1) is 8.83. The van der Waals surface area contributed by atoms with Crippen LogP contribution in [-0.4, -0.2) is 35.9 Å². The van der Waals surface area contributed by atoms with E-state index in [1.807, 2.05) is 6.92 Å².